The second-order valence-electron chi connectivity index (χ2n) is 9.54. The van der Waals surface area contributed by atoms with Crippen molar-refractivity contribution in [2.45, 2.75) is 9.79 Å². The SMILES string of the molecule is Nc1ccc(N=Nc2ccc(N=Nc3cccc4ccccc34)c3ccc(S(=O)(=O)O)cc23)c2ccc(S(=O)(=O)O)cc12. The molecule has 6 aromatic rings. The maximum atomic E-state index is 12.0. The highest BCUT2D eigenvalue weighted by molar-refractivity contribution is 7.86. The van der Waals surface area contributed by atoms with E-state index in [2.05, 4.69) is 20.5 Å². The molecule has 0 bridgehead atoms. The zero-order valence-corrected chi connectivity index (χ0v) is 23.7. The molecule has 6 aromatic carbocycles. The van der Waals surface area contributed by atoms with Gasteiger partial charge in [0.2, 0.25) is 0 Å². The average molecular weight is 612 g/mol. The number of benzene rings is 6. The van der Waals surface area contributed by atoms with E-state index in [0.29, 0.717) is 38.6 Å². The quantitative estimate of drug-likeness (QED) is 0.0965. The molecule has 0 aliphatic carbocycles. The molecule has 6 rings (SSSR count). The van der Waals surface area contributed by atoms with Crippen LogP contribution in [0.5, 0.6) is 0 Å². The molecule has 0 fully saturated rings. The van der Waals surface area contributed by atoms with Crippen molar-refractivity contribution in [3.05, 3.63) is 103 Å². The number of fused-ring (bicyclic) bond motifs is 3. The van der Waals surface area contributed by atoms with Crippen molar-refractivity contribution in [1.29, 1.82) is 0 Å². The molecule has 13 heteroatoms. The van der Waals surface area contributed by atoms with Crippen LogP contribution in [0.1, 0.15) is 0 Å². The number of anilines is 1. The Hall–Kier alpha value is -5.08. The highest BCUT2D eigenvalue weighted by Gasteiger charge is 2.15. The van der Waals surface area contributed by atoms with E-state index in [1.807, 2.05) is 42.5 Å². The number of hydrogen-bond donors (Lipinski definition) is 3. The van der Waals surface area contributed by atoms with Gasteiger partial charge in [-0.25, -0.2) is 0 Å². The molecule has 0 saturated heterocycles. The molecule has 43 heavy (non-hydrogen) atoms. The van der Waals surface area contributed by atoms with Crippen LogP contribution in [-0.2, 0) is 20.2 Å². The van der Waals surface area contributed by atoms with E-state index in [1.54, 1.807) is 18.2 Å². The van der Waals surface area contributed by atoms with Crippen molar-refractivity contribution in [2.24, 2.45) is 20.5 Å². The van der Waals surface area contributed by atoms with Crippen molar-refractivity contribution in [2.75, 3.05) is 5.73 Å². The normalized spacial score (nSPS) is 12.7. The fourth-order valence-electron chi connectivity index (χ4n) is 4.72. The Morgan fingerprint density at radius 3 is 1.53 bits per heavy atom. The number of nitrogens with two attached hydrogens (primary N) is 1. The number of hydrogen-bond acceptors (Lipinski definition) is 9. The topological polar surface area (TPSA) is 184 Å². The minimum atomic E-state index is -4.53. The third-order valence-electron chi connectivity index (χ3n) is 6.83. The summed E-state index contributed by atoms with van der Waals surface area (Å²) < 4.78 is 66.3. The van der Waals surface area contributed by atoms with E-state index in [0.717, 1.165) is 10.8 Å². The third-order valence-corrected chi connectivity index (χ3v) is 8.53. The average Bonchev–Trinajstić information content (AvgIpc) is 2.98. The van der Waals surface area contributed by atoms with Crippen molar-refractivity contribution in [1.82, 2.24) is 0 Å². The van der Waals surface area contributed by atoms with Crippen LogP contribution >= 0.6 is 0 Å². The summed E-state index contributed by atoms with van der Waals surface area (Å²) in [5, 5.41) is 21.1. The zero-order chi connectivity index (χ0) is 30.4. The van der Waals surface area contributed by atoms with Crippen molar-refractivity contribution in [3.8, 4) is 0 Å². The molecule has 0 aliphatic rings. The molecule has 0 aromatic heterocycles. The van der Waals surface area contributed by atoms with Crippen molar-refractivity contribution >= 4 is 81.0 Å². The first kappa shape index (κ1) is 28.1. The summed E-state index contributed by atoms with van der Waals surface area (Å²) in [6.07, 6.45) is 0. The Morgan fingerprint density at radius 1 is 0.465 bits per heavy atom. The molecule has 11 nitrogen and oxygen atoms in total. The van der Waals surface area contributed by atoms with E-state index in [-0.39, 0.29) is 21.2 Å². The van der Waals surface area contributed by atoms with Crippen LogP contribution in [0.2, 0.25) is 0 Å². The van der Waals surface area contributed by atoms with E-state index in [1.165, 1.54) is 42.5 Å². The van der Waals surface area contributed by atoms with Crippen LogP contribution in [0.15, 0.2) is 133 Å². The van der Waals surface area contributed by atoms with Gasteiger partial charge in [-0.3, -0.25) is 9.11 Å². The van der Waals surface area contributed by atoms with Crippen LogP contribution in [0.25, 0.3) is 32.3 Å². The molecule has 0 saturated carbocycles. The molecular weight excluding hydrogens is 590 g/mol. The summed E-state index contributed by atoms with van der Waals surface area (Å²) in [6, 6.07) is 27.8. The van der Waals surface area contributed by atoms with Crippen LogP contribution in [-0.4, -0.2) is 25.9 Å². The Morgan fingerprint density at radius 2 is 0.930 bits per heavy atom. The van der Waals surface area contributed by atoms with Crippen molar-refractivity contribution < 1.29 is 25.9 Å². The molecule has 0 atom stereocenters. The van der Waals surface area contributed by atoms with Gasteiger partial charge in [-0.05, 0) is 60.0 Å². The summed E-state index contributed by atoms with van der Waals surface area (Å²) in [5.41, 5.74) is 8.00. The maximum Gasteiger partial charge on any atom is 0.294 e. The van der Waals surface area contributed by atoms with Crippen LogP contribution in [0, 0.1) is 0 Å². The van der Waals surface area contributed by atoms with E-state index >= 15 is 0 Å². The van der Waals surface area contributed by atoms with Crippen molar-refractivity contribution in [3.63, 3.8) is 0 Å². The minimum Gasteiger partial charge on any atom is -0.398 e. The lowest BCUT2D eigenvalue weighted by Gasteiger charge is -2.08. The predicted molar refractivity (Wildman–Crippen MR) is 164 cm³/mol. The Labute approximate surface area is 245 Å². The largest absolute Gasteiger partial charge is 0.398 e. The zero-order valence-electron chi connectivity index (χ0n) is 22.0. The summed E-state index contributed by atoms with van der Waals surface area (Å²) in [6.45, 7) is 0. The van der Waals surface area contributed by atoms with E-state index in [9.17, 15) is 25.9 Å². The highest BCUT2D eigenvalue weighted by Crippen LogP contribution is 2.39. The van der Waals surface area contributed by atoms with Gasteiger partial charge in [0.15, 0.2) is 0 Å². The molecule has 214 valence electrons. The molecule has 0 unspecified atom stereocenters. The first-order chi connectivity index (χ1) is 20.5. The number of nitrogens with zero attached hydrogens (tertiary/aromatic N) is 4. The summed E-state index contributed by atoms with van der Waals surface area (Å²) in [5.74, 6) is 0. The van der Waals surface area contributed by atoms with Crippen LogP contribution in [0.3, 0.4) is 0 Å². The maximum absolute atomic E-state index is 12.0. The van der Waals surface area contributed by atoms with Gasteiger partial charge in [0.25, 0.3) is 20.2 Å². The minimum absolute atomic E-state index is 0.267. The van der Waals surface area contributed by atoms with Gasteiger partial charge in [0, 0.05) is 32.6 Å². The first-order valence-corrected chi connectivity index (χ1v) is 15.5. The first-order valence-electron chi connectivity index (χ1n) is 12.6. The molecular formula is C30H21N5O6S2. The van der Waals surface area contributed by atoms with E-state index in [4.69, 9.17) is 5.73 Å². The highest BCUT2D eigenvalue weighted by atomic mass is 32.2. The van der Waals surface area contributed by atoms with Gasteiger partial charge >= 0.3 is 0 Å². The molecule has 0 spiro atoms. The standard InChI is InChI=1S/C30H21N5O6S2/c31-26-12-13-28(22-10-8-19(16-24(22)26)42(36,37)38)33-35-30-15-14-29(23-11-9-20(17-25(23)30)43(39,40)41)34-32-27-7-3-5-18-4-1-2-6-21(18)27/h1-17H,31H2,(H,36,37,38)(H,39,40,41). The molecule has 0 radical (unpaired) electrons. The fraction of sp³-hybridized carbons (Fsp3) is 0. The third kappa shape index (κ3) is 5.57. The predicted octanol–water partition coefficient (Wildman–Crippen LogP) is 8.05. The summed E-state index contributed by atoms with van der Waals surface area (Å²) in [7, 11) is -8.98. The Balaban J connectivity index is 1.47. The lowest BCUT2D eigenvalue weighted by atomic mass is 10.1. The monoisotopic (exact) mass is 611 g/mol. The number of nitrogen functional groups attached to an aromatic ring is 1. The molecule has 0 aliphatic heterocycles. The lowest BCUT2D eigenvalue weighted by molar-refractivity contribution is 0.481. The summed E-state index contributed by atoms with van der Waals surface area (Å²) >= 11 is 0. The van der Waals surface area contributed by atoms with Gasteiger partial charge < -0.3 is 5.73 Å². The second-order valence-corrected chi connectivity index (χ2v) is 12.4. The van der Waals surface area contributed by atoms with Crippen LogP contribution in [0.4, 0.5) is 28.4 Å². The molecule has 4 N–H and O–H groups in total. The summed E-state index contributed by atoms with van der Waals surface area (Å²) in [4.78, 5) is -0.659. The van der Waals surface area contributed by atoms with E-state index < -0.39 is 20.2 Å². The molecule has 0 heterocycles. The van der Waals surface area contributed by atoms with Gasteiger partial charge in [-0.15, -0.1) is 20.5 Å². The number of rotatable bonds is 6. The van der Waals surface area contributed by atoms with Crippen LogP contribution < -0.4 is 5.73 Å². The lowest BCUT2D eigenvalue weighted by Crippen LogP contribution is -1.98. The Kier molecular flexibility index (Phi) is 6.94. The second kappa shape index (κ2) is 10.6. The van der Waals surface area contributed by atoms with Gasteiger partial charge in [0.1, 0.15) is 0 Å². The van der Waals surface area contributed by atoms with Gasteiger partial charge in [0.05, 0.1) is 32.5 Å². The van der Waals surface area contributed by atoms with Gasteiger partial charge in [-0.2, -0.15) is 16.8 Å². The van der Waals surface area contributed by atoms with Gasteiger partial charge in [-0.1, -0.05) is 48.5 Å². The fourth-order valence-corrected chi connectivity index (χ4v) is 5.74. The number of azo groups is 2. The molecule has 0 amide bonds. The Bertz CT molecular complexity index is 2370. The smallest absolute Gasteiger partial charge is 0.294 e.